The normalized spacial score (nSPS) is 46.2. The first-order valence-corrected chi connectivity index (χ1v) is 11.6. The molecule has 146 valence electrons. The summed E-state index contributed by atoms with van der Waals surface area (Å²) in [7, 11) is 0. The molecule has 1 unspecified atom stereocenters. The van der Waals surface area contributed by atoms with E-state index in [0.717, 1.165) is 35.7 Å². The highest BCUT2D eigenvalue weighted by Gasteiger charge is 2.60. The molecule has 0 bridgehead atoms. The van der Waals surface area contributed by atoms with Crippen molar-refractivity contribution in [1.29, 1.82) is 0 Å². The van der Waals surface area contributed by atoms with Crippen molar-refractivity contribution >= 4 is 5.78 Å². The van der Waals surface area contributed by atoms with Crippen LogP contribution >= 0.6 is 0 Å². The topological polar surface area (TPSA) is 17.1 Å². The smallest absolute Gasteiger partial charge is 0.166 e. The molecule has 0 amide bonds. The van der Waals surface area contributed by atoms with Crippen molar-refractivity contribution < 1.29 is 4.79 Å². The van der Waals surface area contributed by atoms with Gasteiger partial charge in [-0.3, -0.25) is 4.79 Å². The molecule has 7 atom stereocenters. The lowest BCUT2D eigenvalue weighted by Crippen LogP contribution is -2.53. The summed E-state index contributed by atoms with van der Waals surface area (Å²) in [5.41, 5.74) is 1.78. The Hall–Kier alpha value is -1.11. The summed E-state index contributed by atoms with van der Waals surface area (Å²) in [6.45, 7) is 5.14. The number of hydrogen-bond donors (Lipinski definition) is 0. The Morgan fingerprint density at radius 3 is 2.41 bits per heavy atom. The summed E-state index contributed by atoms with van der Waals surface area (Å²) in [6, 6.07) is 10.1. The molecule has 4 aliphatic rings. The highest BCUT2D eigenvalue weighted by atomic mass is 16.1. The van der Waals surface area contributed by atoms with Gasteiger partial charge in [0.25, 0.3) is 0 Å². The Morgan fingerprint density at radius 1 is 0.815 bits per heavy atom. The van der Waals surface area contributed by atoms with Gasteiger partial charge in [0.2, 0.25) is 0 Å². The van der Waals surface area contributed by atoms with Crippen molar-refractivity contribution in [3.63, 3.8) is 0 Å². The van der Waals surface area contributed by atoms with Crippen LogP contribution in [0.4, 0.5) is 0 Å². The second-order valence-electron chi connectivity index (χ2n) is 10.8. The summed E-state index contributed by atoms with van der Waals surface area (Å²) in [4.78, 5) is 13.4. The molecular formula is C26H36O. The van der Waals surface area contributed by atoms with Crippen LogP contribution in [0.15, 0.2) is 30.3 Å². The van der Waals surface area contributed by atoms with Gasteiger partial charge in [0, 0.05) is 11.5 Å². The number of ketones is 1. The summed E-state index contributed by atoms with van der Waals surface area (Å²) in [6.07, 6.45) is 13.8. The lowest BCUT2D eigenvalue weighted by atomic mass is 9.45. The zero-order chi connectivity index (χ0) is 18.6. The summed E-state index contributed by atoms with van der Waals surface area (Å²) < 4.78 is 0. The Kier molecular flexibility index (Phi) is 4.30. The number of carbonyl (C=O) groups excluding carboxylic acids is 1. The summed E-state index contributed by atoms with van der Waals surface area (Å²) in [5, 5.41) is 0. The number of Topliss-reactive ketones (excluding diaryl/α,β-unsaturated/α-hetero) is 1. The van der Waals surface area contributed by atoms with E-state index < -0.39 is 0 Å². The Labute approximate surface area is 165 Å². The van der Waals surface area contributed by atoms with Gasteiger partial charge in [0.05, 0.1) is 0 Å². The van der Waals surface area contributed by atoms with E-state index >= 15 is 0 Å². The van der Waals surface area contributed by atoms with Gasteiger partial charge in [-0.1, -0.05) is 57.0 Å². The molecule has 27 heavy (non-hydrogen) atoms. The molecule has 1 nitrogen and oxygen atoms in total. The van der Waals surface area contributed by atoms with Crippen molar-refractivity contribution in [3.8, 4) is 0 Å². The van der Waals surface area contributed by atoms with E-state index in [0.29, 0.717) is 11.2 Å². The van der Waals surface area contributed by atoms with Gasteiger partial charge in [0.1, 0.15) is 0 Å². The van der Waals surface area contributed by atoms with Crippen molar-refractivity contribution in [2.75, 3.05) is 0 Å². The quantitative estimate of drug-likeness (QED) is 0.521. The Balaban J connectivity index is 1.42. The number of fused-ring (bicyclic) bond motifs is 5. The van der Waals surface area contributed by atoms with Gasteiger partial charge in [-0.2, -0.15) is 0 Å². The first-order valence-electron chi connectivity index (χ1n) is 11.6. The second-order valence-corrected chi connectivity index (χ2v) is 10.8. The first-order chi connectivity index (χ1) is 13.0. The van der Waals surface area contributed by atoms with Crippen LogP contribution in [0.25, 0.3) is 0 Å². The zero-order valence-electron chi connectivity index (χ0n) is 17.3. The van der Waals surface area contributed by atoms with Crippen LogP contribution in [0.2, 0.25) is 0 Å². The maximum absolute atomic E-state index is 13.4. The van der Waals surface area contributed by atoms with Crippen molar-refractivity contribution in [1.82, 2.24) is 0 Å². The average molecular weight is 365 g/mol. The SMILES string of the molecule is C[C@]12CCCC[C@H]1CC[C@@H]1[C@@H]2CC[C@]2(C)C(C(=O)c3ccccc3)CC[C@@H]12. The molecule has 0 radical (unpaired) electrons. The highest BCUT2D eigenvalue weighted by molar-refractivity contribution is 5.98. The number of hydrogen-bond acceptors (Lipinski definition) is 1. The second kappa shape index (κ2) is 6.46. The molecule has 0 spiro atoms. The standard InChI is InChI=1S/C26H36O/c1-25-16-7-6-10-19(25)11-12-20-21-13-14-23(26(21,2)17-15-22(20)25)24(27)18-8-4-3-5-9-18/h3-5,8-9,19-23H,6-7,10-17H2,1-2H3/t19-,20-,21-,22-,23?,25-,26-/m0/s1. The van der Waals surface area contributed by atoms with E-state index in [4.69, 9.17) is 0 Å². The minimum Gasteiger partial charge on any atom is -0.294 e. The van der Waals surface area contributed by atoms with Crippen LogP contribution in [-0.4, -0.2) is 5.78 Å². The van der Waals surface area contributed by atoms with Crippen molar-refractivity contribution in [3.05, 3.63) is 35.9 Å². The molecule has 1 aromatic rings. The fourth-order valence-electron chi connectivity index (χ4n) is 8.53. The molecule has 0 aromatic heterocycles. The minimum atomic E-state index is 0.242. The molecule has 4 aliphatic carbocycles. The molecule has 1 aromatic carbocycles. The third-order valence-corrected chi connectivity index (χ3v) is 9.96. The molecule has 1 heteroatoms. The summed E-state index contributed by atoms with van der Waals surface area (Å²) in [5.74, 6) is 4.27. The highest BCUT2D eigenvalue weighted by Crippen LogP contribution is 2.67. The number of benzene rings is 1. The van der Waals surface area contributed by atoms with E-state index in [1.807, 2.05) is 30.3 Å². The largest absolute Gasteiger partial charge is 0.294 e. The van der Waals surface area contributed by atoms with Gasteiger partial charge in [-0.15, -0.1) is 0 Å². The van der Waals surface area contributed by atoms with Gasteiger partial charge < -0.3 is 0 Å². The van der Waals surface area contributed by atoms with E-state index in [2.05, 4.69) is 13.8 Å². The molecule has 0 heterocycles. The lowest BCUT2D eigenvalue weighted by molar-refractivity contribution is -0.108. The molecule has 4 saturated carbocycles. The minimum absolute atomic E-state index is 0.242. The van der Waals surface area contributed by atoms with Gasteiger partial charge in [-0.05, 0) is 85.9 Å². The lowest BCUT2D eigenvalue weighted by Gasteiger charge is -2.60. The fraction of sp³-hybridized carbons (Fsp3) is 0.731. The number of carbonyl (C=O) groups is 1. The maximum atomic E-state index is 13.4. The Bertz CT molecular complexity index is 708. The molecule has 0 saturated heterocycles. The van der Waals surface area contributed by atoms with E-state index in [1.54, 1.807) is 0 Å². The molecular weight excluding hydrogens is 328 g/mol. The predicted molar refractivity (Wildman–Crippen MR) is 111 cm³/mol. The van der Waals surface area contributed by atoms with Crippen LogP contribution in [0.3, 0.4) is 0 Å². The molecule has 0 N–H and O–H groups in total. The zero-order valence-corrected chi connectivity index (χ0v) is 17.3. The third kappa shape index (κ3) is 2.60. The maximum Gasteiger partial charge on any atom is 0.166 e. The monoisotopic (exact) mass is 364 g/mol. The van der Waals surface area contributed by atoms with Crippen LogP contribution in [0.5, 0.6) is 0 Å². The Morgan fingerprint density at radius 2 is 1.59 bits per heavy atom. The van der Waals surface area contributed by atoms with Crippen LogP contribution < -0.4 is 0 Å². The van der Waals surface area contributed by atoms with Crippen LogP contribution in [-0.2, 0) is 0 Å². The van der Waals surface area contributed by atoms with Crippen molar-refractivity contribution in [2.24, 2.45) is 40.4 Å². The molecule has 5 rings (SSSR count). The van der Waals surface area contributed by atoms with Gasteiger partial charge in [-0.25, -0.2) is 0 Å². The van der Waals surface area contributed by atoms with E-state index in [-0.39, 0.29) is 11.3 Å². The number of rotatable bonds is 2. The predicted octanol–water partition coefficient (Wildman–Crippen LogP) is 6.92. The van der Waals surface area contributed by atoms with Gasteiger partial charge >= 0.3 is 0 Å². The van der Waals surface area contributed by atoms with Crippen LogP contribution in [0, 0.1) is 40.4 Å². The first kappa shape index (κ1) is 18.0. The van der Waals surface area contributed by atoms with Gasteiger partial charge in [0.15, 0.2) is 5.78 Å². The summed E-state index contributed by atoms with van der Waals surface area (Å²) >= 11 is 0. The van der Waals surface area contributed by atoms with E-state index in [9.17, 15) is 4.79 Å². The van der Waals surface area contributed by atoms with Crippen molar-refractivity contribution in [2.45, 2.75) is 78.1 Å². The third-order valence-electron chi connectivity index (χ3n) is 9.96. The average Bonchev–Trinajstić information content (AvgIpc) is 3.05. The fourth-order valence-corrected chi connectivity index (χ4v) is 8.53. The van der Waals surface area contributed by atoms with Crippen LogP contribution in [0.1, 0.15) is 88.4 Å². The molecule has 4 fully saturated rings. The molecule has 0 aliphatic heterocycles. The van der Waals surface area contributed by atoms with E-state index in [1.165, 1.54) is 57.8 Å².